The van der Waals surface area contributed by atoms with Crippen LogP contribution in [0.4, 0.5) is 0 Å². The normalized spacial score (nSPS) is 15.4. The predicted molar refractivity (Wildman–Crippen MR) is 84.7 cm³/mol. The van der Waals surface area contributed by atoms with Gasteiger partial charge in [-0.3, -0.25) is 4.79 Å². The van der Waals surface area contributed by atoms with Crippen LogP contribution in [0.5, 0.6) is 0 Å². The van der Waals surface area contributed by atoms with Crippen LogP contribution in [0.15, 0.2) is 24.3 Å². The highest BCUT2D eigenvalue weighted by molar-refractivity contribution is 5.94. The van der Waals surface area contributed by atoms with E-state index in [4.69, 9.17) is 0 Å². The van der Waals surface area contributed by atoms with E-state index in [1.807, 2.05) is 31.2 Å². The highest BCUT2D eigenvalue weighted by atomic mass is 35.5. The first-order valence-corrected chi connectivity index (χ1v) is 7.03. The Labute approximate surface area is 127 Å². The Bertz CT molecular complexity index is 402. The molecule has 1 aliphatic rings. The van der Waals surface area contributed by atoms with Crippen LogP contribution >= 0.6 is 12.4 Å². The van der Waals surface area contributed by atoms with Gasteiger partial charge in [-0.1, -0.05) is 17.7 Å². The van der Waals surface area contributed by atoms with E-state index in [1.165, 1.54) is 5.56 Å². The summed E-state index contributed by atoms with van der Waals surface area (Å²) in [6.45, 7) is 8.23. The number of nitrogens with zero attached hydrogens (tertiary/aromatic N) is 1. The van der Waals surface area contributed by atoms with Crippen molar-refractivity contribution < 1.29 is 4.79 Å². The molecule has 1 aromatic carbocycles. The van der Waals surface area contributed by atoms with Crippen molar-refractivity contribution in [1.82, 2.24) is 15.5 Å². The SMILES string of the molecule is Cc1ccc(C(=O)NCCCN2CCNCC2)cc1.Cl. The monoisotopic (exact) mass is 297 g/mol. The van der Waals surface area contributed by atoms with Gasteiger partial charge in [-0.2, -0.15) is 0 Å². The number of carbonyl (C=O) groups is 1. The first kappa shape index (κ1) is 17.0. The quantitative estimate of drug-likeness (QED) is 0.809. The number of carbonyl (C=O) groups excluding carboxylic acids is 1. The molecule has 1 amide bonds. The zero-order chi connectivity index (χ0) is 13.5. The highest BCUT2D eigenvalue weighted by Gasteiger charge is 2.09. The Morgan fingerprint density at radius 1 is 1.25 bits per heavy atom. The molecule has 1 fully saturated rings. The average molecular weight is 298 g/mol. The minimum atomic E-state index is 0. The third kappa shape index (κ3) is 5.49. The highest BCUT2D eigenvalue weighted by Crippen LogP contribution is 2.02. The van der Waals surface area contributed by atoms with E-state index in [0.717, 1.165) is 51.3 Å². The fourth-order valence-corrected chi connectivity index (χ4v) is 2.25. The number of nitrogens with one attached hydrogen (secondary N) is 2. The lowest BCUT2D eigenvalue weighted by molar-refractivity contribution is 0.0951. The summed E-state index contributed by atoms with van der Waals surface area (Å²) >= 11 is 0. The van der Waals surface area contributed by atoms with E-state index in [0.29, 0.717) is 0 Å². The van der Waals surface area contributed by atoms with Crippen LogP contribution in [0.2, 0.25) is 0 Å². The molecule has 5 heteroatoms. The van der Waals surface area contributed by atoms with E-state index in [9.17, 15) is 4.79 Å². The van der Waals surface area contributed by atoms with E-state index in [1.54, 1.807) is 0 Å². The van der Waals surface area contributed by atoms with Gasteiger partial charge in [0, 0.05) is 38.3 Å². The van der Waals surface area contributed by atoms with E-state index < -0.39 is 0 Å². The lowest BCUT2D eigenvalue weighted by atomic mass is 10.1. The summed E-state index contributed by atoms with van der Waals surface area (Å²) in [6.07, 6.45) is 1.01. The summed E-state index contributed by atoms with van der Waals surface area (Å²) in [5, 5.41) is 6.31. The zero-order valence-corrected chi connectivity index (χ0v) is 12.8. The number of benzene rings is 1. The summed E-state index contributed by atoms with van der Waals surface area (Å²) < 4.78 is 0. The van der Waals surface area contributed by atoms with Crippen molar-refractivity contribution in [2.24, 2.45) is 0 Å². The van der Waals surface area contributed by atoms with Crippen LogP contribution in [0, 0.1) is 6.92 Å². The number of hydrogen-bond donors (Lipinski definition) is 2. The second-order valence-electron chi connectivity index (χ2n) is 5.07. The molecule has 0 saturated carbocycles. The molecule has 2 rings (SSSR count). The smallest absolute Gasteiger partial charge is 0.251 e. The molecule has 1 aromatic rings. The van der Waals surface area contributed by atoms with Crippen LogP contribution < -0.4 is 10.6 Å². The van der Waals surface area contributed by atoms with Gasteiger partial charge in [0.25, 0.3) is 5.91 Å². The van der Waals surface area contributed by atoms with Crippen LogP contribution in [-0.2, 0) is 0 Å². The topological polar surface area (TPSA) is 44.4 Å². The maximum Gasteiger partial charge on any atom is 0.251 e. The molecule has 1 saturated heterocycles. The summed E-state index contributed by atoms with van der Waals surface area (Å²) in [6, 6.07) is 7.69. The van der Waals surface area contributed by atoms with E-state index in [-0.39, 0.29) is 18.3 Å². The maximum absolute atomic E-state index is 11.9. The zero-order valence-electron chi connectivity index (χ0n) is 12.0. The minimum absolute atomic E-state index is 0. The van der Waals surface area contributed by atoms with Gasteiger partial charge in [0.15, 0.2) is 0 Å². The van der Waals surface area contributed by atoms with Gasteiger partial charge in [0.05, 0.1) is 0 Å². The van der Waals surface area contributed by atoms with Gasteiger partial charge in [-0.15, -0.1) is 12.4 Å². The van der Waals surface area contributed by atoms with Crippen molar-refractivity contribution in [2.45, 2.75) is 13.3 Å². The van der Waals surface area contributed by atoms with Crippen LogP contribution in [0.25, 0.3) is 0 Å². The van der Waals surface area contributed by atoms with E-state index >= 15 is 0 Å². The lowest BCUT2D eigenvalue weighted by Crippen LogP contribution is -2.44. The summed E-state index contributed by atoms with van der Waals surface area (Å²) in [5.74, 6) is 0.0281. The van der Waals surface area contributed by atoms with Crippen LogP contribution in [0.1, 0.15) is 22.3 Å². The number of halogens is 1. The lowest BCUT2D eigenvalue weighted by Gasteiger charge is -2.27. The first-order valence-electron chi connectivity index (χ1n) is 7.03. The maximum atomic E-state index is 11.9. The largest absolute Gasteiger partial charge is 0.352 e. The van der Waals surface area contributed by atoms with Crippen LogP contribution in [0.3, 0.4) is 0 Å². The summed E-state index contributed by atoms with van der Waals surface area (Å²) in [4.78, 5) is 14.3. The number of aryl methyl sites for hydroxylation is 1. The Morgan fingerprint density at radius 2 is 1.90 bits per heavy atom. The first-order chi connectivity index (χ1) is 9.25. The van der Waals surface area contributed by atoms with Crippen LogP contribution in [-0.4, -0.2) is 50.1 Å². The molecule has 0 bridgehead atoms. The fraction of sp³-hybridized carbons (Fsp3) is 0.533. The molecule has 0 unspecified atom stereocenters. The Morgan fingerprint density at radius 3 is 2.55 bits per heavy atom. The van der Waals surface area contributed by atoms with Gasteiger partial charge < -0.3 is 15.5 Å². The third-order valence-electron chi connectivity index (χ3n) is 3.46. The van der Waals surface area contributed by atoms with Crippen molar-refractivity contribution in [3.8, 4) is 0 Å². The Balaban J connectivity index is 0.00000200. The Hall–Kier alpha value is -1.10. The second-order valence-corrected chi connectivity index (χ2v) is 5.07. The van der Waals surface area contributed by atoms with Gasteiger partial charge in [-0.05, 0) is 32.0 Å². The number of amides is 1. The molecular weight excluding hydrogens is 274 g/mol. The molecular formula is C15H24ClN3O. The molecule has 4 nitrogen and oxygen atoms in total. The molecule has 112 valence electrons. The summed E-state index contributed by atoms with van der Waals surface area (Å²) in [7, 11) is 0. The van der Waals surface area contributed by atoms with Crippen molar-refractivity contribution >= 4 is 18.3 Å². The molecule has 0 aliphatic carbocycles. The van der Waals surface area contributed by atoms with Crippen molar-refractivity contribution in [3.05, 3.63) is 35.4 Å². The predicted octanol–water partition coefficient (Wildman–Crippen LogP) is 1.44. The molecule has 0 atom stereocenters. The average Bonchev–Trinajstić information content (AvgIpc) is 2.45. The number of rotatable bonds is 5. The van der Waals surface area contributed by atoms with Crippen molar-refractivity contribution in [1.29, 1.82) is 0 Å². The summed E-state index contributed by atoms with van der Waals surface area (Å²) in [5.41, 5.74) is 1.92. The van der Waals surface area contributed by atoms with Crippen molar-refractivity contribution in [2.75, 3.05) is 39.3 Å². The molecule has 20 heavy (non-hydrogen) atoms. The van der Waals surface area contributed by atoms with Gasteiger partial charge in [0.2, 0.25) is 0 Å². The second kappa shape index (κ2) is 8.95. The standard InChI is InChI=1S/C15H23N3O.ClH/c1-13-3-5-14(6-4-13)15(19)17-7-2-10-18-11-8-16-9-12-18;/h3-6,16H,2,7-12H2,1H3,(H,17,19);1H. The molecule has 1 heterocycles. The minimum Gasteiger partial charge on any atom is -0.352 e. The fourth-order valence-electron chi connectivity index (χ4n) is 2.25. The molecule has 1 aliphatic heterocycles. The number of piperazine rings is 1. The van der Waals surface area contributed by atoms with Crippen molar-refractivity contribution in [3.63, 3.8) is 0 Å². The third-order valence-corrected chi connectivity index (χ3v) is 3.46. The Kier molecular flexibility index (Phi) is 7.59. The molecule has 0 aromatic heterocycles. The van der Waals surface area contributed by atoms with Gasteiger partial charge >= 0.3 is 0 Å². The van der Waals surface area contributed by atoms with E-state index in [2.05, 4.69) is 15.5 Å². The molecule has 0 radical (unpaired) electrons. The van der Waals surface area contributed by atoms with Gasteiger partial charge in [0.1, 0.15) is 0 Å². The van der Waals surface area contributed by atoms with Gasteiger partial charge in [-0.25, -0.2) is 0 Å². The number of hydrogen-bond acceptors (Lipinski definition) is 3. The molecule has 0 spiro atoms. The molecule has 2 N–H and O–H groups in total.